The van der Waals surface area contributed by atoms with Crippen LogP contribution in [0, 0.1) is 5.92 Å². The van der Waals surface area contributed by atoms with E-state index in [0.29, 0.717) is 12.3 Å². The number of Topliss-reactive ketones (excluding diaryl/α,β-unsaturated/α-hetero) is 1. The number of ketones is 1. The highest BCUT2D eigenvalue weighted by atomic mass is 32.1. The molecule has 2 nitrogen and oxygen atoms in total. The molecule has 16 heavy (non-hydrogen) atoms. The Balaban J connectivity index is 1.87. The van der Waals surface area contributed by atoms with Gasteiger partial charge in [-0.15, -0.1) is 11.3 Å². The maximum atomic E-state index is 12.0. The van der Waals surface area contributed by atoms with Gasteiger partial charge in [0.25, 0.3) is 0 Å². The molecule has 0 bridgehead atoms. The second-order valence-electron chi connectivity index (χ2n) is 4.67. The van der Waals surface area contributed by atoms with Crippen molar-refractivity contribution in [3.8, 4) is 0 Å². The molecule has 0 radical (unpaired) electrons. The van der Waals surface area contributed by atoms with Crippen molar-refractivity contribution in [2.75, 3.05) is 0 Å². The smallest absolute Gasteiger partial charge is 0.155 e. The van der Waals surface area contributed by atoms with E-state index in [1.54, 1.807) is 11.3 Å². The van der Waals surface area contributed by atoms with Crippen molar-refractivity contribution >= 4 is 17.1 Å². The molecule has 1 unspecified atom stereocenters. The summed E-state index contributed by atoms with van der Waals surface area (Å²) in [5, 5.41) is 1.98. The van der Waals surface area contributed by atoms with Gasteiger partial charge in [0.1, 0.15) is 0 Å². The fraction of sp³-hybridized carbons (Fsp3) is 0.615. The number of rotatable bonds is 4. The van der Waals surface area contributed by atoms with E-state index in [1.807, 2.05) is 17.5 Å². The second-order valence-corrected chi connectivity index (χ2v) is 5.65. The van der Waals surface area contributed by atoms with E-state index in [-0.39, 0.29) is 11.8 Å². The molecule has 2 rings (SSSR count). The van der Waals surface area contributed by atoms with Crippen LogP contribution in [-0.4, -0.2) is 5.78 Å². The van der Waals surface area contributed by atoms with Crippen LogP contribution in [0.2, 0.25) is 0 Å². The highest BCUT2D eigenvalue weighted by Crippen LogP contribution is 2.28. The molecule has 1 aliphatic carbocycles. The van der Waals surface area contributed by atoms with Crippen LogP contribution in [0.4, 0.5) is 0 Å². The zero-order chi connectivity index (χ0) is 11.4. The quantitative estimate of drug-likeness (QED) is 0.873. The molecule has 1 aromatic rings. The Hall–Kier alpha value is -0.670. The zero-order valence-electron chi connectivity index (χ0n) is 9.52. The molecule has 1 aromatic heterocycles. The summed E-state index contributed by atoms with van der Waals surface area (Å²) in [6.45, 7) is 0. The third-order valence-electron chi connectivity index (χ3n) is 3.41. The summed E-state index contributed by atoms with van der Waals surface area (Å²) >= 11 is 1.58. The van der Waals surface area contributed by atoms with Gasteiger partial charge in [-0.25, -0.2) is 0 Å². The van der Waals surface area contributed by atoms with Crippen molar-refractivity contribution in [3.63, 3.8) is 0 Å². The maximum Gasteiger partial charge on any atom is 0.155 e. The van der Waals surface area contributed by atoms with E-state index in [0.717, 1.165) is 4.88 Å². The van der Waals surface area contributed by atoms with Crippen molar-refractivity contribution < 1.29 is 4.79 Å². The minimum Gasteiger partial charge on any atom is -0.317 e. The van der Waals surface area contributed by atoms with Crippen LogP contribution in [0.5, 0.6) is 0 Å². The Labute approximate surface area is 101 Å². The van der Waals surface area contributed by atoms with Crippen LogP contribution in [0.3, 0.4) is 0 Å². The minimum absolute atomic E-state index is 0.217. The monoisotopic (exact) mass is 237 g/mol. The second kappa shape index (κ2) is 5.60. The van der Waals surface area contributed by atoms with E-state index < -0.39 is 0 Å². The summed E-state index contributed by atoms with van der Waals surface area (Å²) in [5.41, 5.74) is 5.96. The van der Waals surface area contributed by atoms with Crippen molar-refractivity contribution in [2.24, 2.45) is 11.7 Å². The van der Waals surface area contributed by atoms with E-state index in [2.05, 4.69) is 0 Å². The molecular formula is C13H19NOS. The van der Waals surface area contributed by atoms with Crippen molar-refractivity contribution in [3.05, 3.63) is 22.4 Å². The molecule has 1 atom stereocenters. The average Bonchev–Trinajstić information content (AvgIpc) is 2.83. The topological polar surface area (TPSA) is 43.1 Å². The van der Waals surface area contributed by atoms with Gasteiger partial charge >= 0.3 is 0 Å². The fourth-order valence-corrected chi connectivity index (χ4v) is 3.18. The van der Waals surface area contributed by atoms with Crippen LogP contribution >= 0.6 is 11.3 Å². The molecule has 1 saturated carbocycles. The van der Waals surface area contributed by atoms with Crippen molar-refractivity contribution in [1.82, 2.24) is 0 Å². The van der Waals surface area contributed by atoms with Gasteiger partial charge in [-0.05, 0) is 17.4 Å². The third-order valence-corrected chi connectivity index (χ3v) is 4.37. The van der Waals surface area contributed by atoms with E-state index in [1.165, 1.54) is 32.1 Å². The Morgan fingerprint density at radius 1 is 1.44 bits per heavy atom. The summed E-state index contributed by atoms with van der Waals surface area (Å²) < 4.78 is 0. The molecule has 0 saturated heterocycles. The zero-order valence-corrected chi connectivity index (χ0v) is 10.3. The lowest BCUT2D eigenvalue weighted by Gasteiger charge is -2.21. The summed E-state index contributed by atoms with van der Waals surface area (Å²) in [6, 6.07) is 3.52. The predicted octanol–water partition coefficient (Wildman–Crippen LogP) is 3.29. The third kappa shape index (κ3) is 2.92. The Bertz CT molecular complexity index is 328. The molecule has 3 heteroatoms. The molecule has 1 aliphatic rings. The van der Waals surface area contributed by atoms with Crippen molar-refractivity contribution in [1.29, 1.82) is 0 Å². The lowest BCUT2D eigenvalue weighted by Crippen LogP contribution is -2.23. The van der Waals surface area contributed by atoms with Gasteiger partial charge < -0.3 is 5.73 Å². The summed E-state index contributed by atoms with van der Waals surface area (Å²) in [7, 11) is 0. The van der Waals surface area contributed by atoms with Crippen LogP contribution in [-0.2, 0) is 4.79 Å². The van der Waals surface area contributed by atoms with Crippen LogP contribution in [0.15, 0.2) is 17.5 Å². The number of carbonyl (C=O) groups excluding carboxylic acids is 1. The van der Waals surface area contributed by atoms with Gasteiger partial charge in [0.05, 0.1) is 6.04 Å². The molecule has 88 valence electrons. The largest absolute Gasteiger partial charge is 0.317 e. The summed E-state index contributed by atoms with van der Waals surface area (Å²) in [4.78, 5) is 13.0. The summed E-state index contributed by atoms with van der Waals surface area (Å²) in [6.07, 6.45) is 7.00. The maximum absolute atomic E-state index is 12.0. The molecule has 0 spiro atoms. The Morgan fingerprint density at radius 2 is 2.19 bits per heavy atom. The highest BCUT2D eigenvalue weighted by Gasteiger charge is 2.22. The normalized spacial score (nSPS) is 19.6. The molecular weight excluding hydrogens is 218 g/mol. The Kier molecular flexibility index (Phi) is 4.13. The van der Waals surface area contributed by atoms with E-state index >= 15 is 0 Å². The van der Waals surface area contributed by atoms with Gasteiger partial charge in [-0.2, -0.15) is 0 Å². The average molecular weight is 237 g/mol. The first-order valence-electron chi connectivity index (χ1n) is 6.09. The van der Waals surface area contributed by atoms with Crippen LogP contribution in [0.25, 0.3) is 0 Å². The highest BCUT2D eigenvalue weighted by molar-refractivity contribution is 7.10. The lowest BCUT2D eigenvalue weighted by atomic mass is 9.84. The number of hydrogen-bond acceptors (Lipinski definition) is 3. The molecule has 2 N–H and O–H groups in total. The summed E-state index contributed by atoms with van der Waals surface area (Å²) in [5.74, 6) is 0.807. The predicted molar refractivity (Wildman–Crippen MR) is 67.4 cm³/mol. The van der Waals surface area contributed by atoms with Gasteiger partial charge in [0, 0.05) is 11.3 Å². The molecule has 0 amide bonds. The van der Waals surface area contributed by atoms with Crippen molar-refractivity contribution in [2.45, 2.75) is 44.6 Å². The van der Waals surface area contributed by atoms with Gasteiger partial charge in [0.15, 0.2) is 5.78 Å². The standard InChI is InChI=1S/C13H19NOS/c14-13(12-7-4-8-16-12)11(15)9-10-5-2-1-3-6-10/h4,7-8,10,13H,1-3,5-6,9,14H2. The molecule has 0 aliphatic heterocycles. The van der Waals surface area contributed by atoms with Gasteiger partial charge in [0.2, 0.25) is 0 Å². The van der Waals surface area contributed by atoms with Crippen LogP contribution < -0.4 is 5.73 Å². The van der Waals surface area contributed by atoms with Gasteiger partial charge in [-0.1, -0.05) is 38.2 Å². The van der Waals surface area contributed by atoms with Crippen LogP contribution in [0.1, 0.15) is 49.4 Å². The Morgan fingerprint density at radius 3 is 2.81 bits per heavy atom. The molecule has 1 heterocycles. The van der Waals surface area contributed by atoms with E-state index in [4.69, 9.17) is 5.73 Å². The molecule has 1 fully saturated rings. The number of thiophene rings is 1. The first-order chi connectivity index (χ1) is 7.77. The lowest BCUT2D eigenvalue weighted by molar-refractivity contribution is -0.121. The SMILES string of the molecule is NC(C(=O)CC1CCCCC1)c1cccs1. The minimum atomic E-state index is -0.387. The number of hydrogen-bond donors (Lipinski definition) is 1. The first-order valence-corrected chi connectivity index (χ1v) is 6.97. The first kappa shape index (κ1) is 11.8. The van der Waals surface area contributed by atoms with E-state index in [9.17, 15) is 4.79 Å². The molecule has 0 aromatic carbocycles. The van der Waals surface area contributed by atoms with Gasteiger partial charge in [-0.3, -0.25) is 4.79 Å². The number of carbonyl (C=O) groups is 1. The fourth-order valence-electron chi connectivity index (χ4n) is 2.43. The number of nitrogens with two attached hydrogens (primary N) is 1.